The summed E-state index contributed by atoms with van der Waals surface area (Å²) >= 11 is 0. The van der Waals surface area contributed by atoms with E-state index in [2.05, 4.69) is 27.7 Å². The van der Waals surface area contributed by atoms with E-state index in [-0.39, 0.29) is 0 Å². The van der Waals surface area contributed by atoms with E-state index in [9.17, 15) is 0 Å². The zero-order valence-electron chi connectivity index (χ0n) is 7.72. The standard InChI is InChI=1S/C9H19O/c1-6-10-9(7(2)3)8(4)5/h6-9H,1-5H3. The molecule has 0 unspecified atom stereocenters. The molecule has 0 saturated heterocycles. The van der Waals surface area contributed by atoms with E-state index >= 15 is 0 Å². The molecular formula is C9H19O. The van der Waals surface area contributed by atoms with Gasteiger partial charge < -0.3 is 4.74 Å². The van der Waals surface area contributed by atoms with Gasteiger partial charge in [-0.15, -0.1) is 0 Å². The fourth-order valence-electron chi connectivity index (χ4n) is 1.24. The minimum Gasteiger partial charge on any atom is -0.372 e. The number of hydrogen-bond acceptors (Lipinski definition) is 1. The Balaban J connectivity index is 3.73. The Morgan fingerprint density at radius 3 is 1.50 bits per heavy atom. The van der Waals surface area contributed by atoms with E-state index in [0.29, 0.717) is 17.9 Å². The second-order valence-corrected chi connectivity index (χ2v) is 3.32. The lowest BCUT2D eigenvalue weighted by Gasteiger charge is -2.23. The van der Waals surface area contributed by atoms with E-state index in [1.54, 1.807) is 6.61 Å². The Morgan fingerprint density at radius 1 is 1.00 bits per heavy atom. The summed E-state index contributed by atoms with van der Waals surface area (Å²) in [5.41, 5.74) is 0. The van der Waals surface area contributed by atoms with Crippen LogP contribution in [0.2, 0.25) is 0 Å². The van der Waals surface area contributed by atoms with Crippen LogP contribution in [0, 0.1) is 18.4 Å². The van der Waals surface area contributed by atoms with Crippen molar-refractivity contribution >= 4 is 0 Å². The molecule has 0 aliphatic rings. The molecule has 0 heterocycles. The smallest absolute Gasteiger partial charge is 0.0810 e. The Morgan fingerprint density at radius 2 is 1.40 bits per heavy atom. The van der Waals surface area contributed by atoms with Crippen molar-refractivity contribution < 1.29 is 4.74 Å². The van der Waals surface area contributed by atoms with Crippen molar-refractivity contribution in [3.8, 4) is 0 Å². The third kappa shape index (κ3) is 3.21. The highest BCUT2D eigenvalue weighted by Crippen LogP contribution is 2.16. The van der Waals surface area contributed by atoms with Crippen LogP contribution in [-0.2, 0) is 4.74 Å². The quantitative estimate of drug-likeness (QED) is 0.588. The van der Waals surface area contributed by atoms with E-state index in [1.165, 1.54) is 0 Å². The fourth-order valence-corrected chi connectivity index (χ4v) is 1.24. The number of rotatable bonds is 4. The zero-order chi connectivity index (χ0) is 8.15. The second kappa shape index (κ2) is 4.73. The first-order valence-corrected chi connectivity index (χ1v) is 4.02. The molecule has 0 fully saturated rings. The lowest BCUT2D eigenvalue weighted by Crippen LogP contribution is -2.24. The van der Waals surface area contributed by atoms with Gasteiger partial charge in [0.25, 0.3) is 0 Å². The number of ether oxygens (including phenoxy) is 1. The van der Waals surface area contributed by atoms with Crippen molar-refractivity contribution in [3.05, 3.63) is 6.61 Å². The summed E-state index contributed by atoms with van der Waals surface area (Å²) in [4.78, 5) is 0. The van der Waals surface area contributed by atoms with Gasteiger partial charge in [0.15, 0.2) is 0 Å². The average Bonchev–Trinajstić information content (AvgIpc) is 1.81. The largest absolute Gasteiger partial charge is 0.372 e. The molecule has 0 rings (SSSR count). The molecule has 0 amide bonds. The van der Waals surface area contributed by atoms with Crippen LogP contribution in [0.5, 0.6) is 0 Å². The van der Waals surface area contributed by atoms with Crippen LogP contribution < -0.4 is 0 Å². The fraction of sp³-hybridized carbons (Fsp3) is 0.889. The highest BCUT2D eigenvalue weighted by molar-refractivity contribution is 4.67. The summed E-state index contributed by atoms with van der Waals surface area (Å²) < 4.78 is 5.44. The molecule has 1 heteroatoms. The highest BCUT2D eigenvalue weighted by Gasteiger charge is 2.16. The molecule has 0 N–H and O–H groups in total. The van der Waals surface area contributed by atoms with Crippen molar-refractivity contribution in [2.45, 2.75) is 40.7 Å². The topological polar surface area (TPSA) is 9.23 Å². The van der Waals surface area contributed by atoms with Crippen LogP contribution in [0.15, 0.2) is 0 Å². The molecule has 0 spiro atoms. The van der Waals surface area contributed by atoms with E-state index in [4.69, 9.17) is 4.74 Å². The Hall–Kier alpha value is -0.0400. The molecule has 61 valence electrons. The molecule has 0 atom stereocenters. The van der Waals surface area contributed by atoms with Crippen LogP contribution in [0.25, 0.3) is 0 Å². The molecule has 0 aliphatic carbocycles. The van der Waals surface area contributed by atoms with E-state index in [1.807, 2.05) is 6.92 Å². The molecule has 0 aromatic heterocycles. The first-order valence-electron chi connectivity index (χ1n) is 4.02. The molecule has 0 aromatic rings. The molecule has 0 saturated carbocycles. The van der Waals surface area contributed by atoms with Crippen LogP contribution in [0.4, 0.5) is 0 Å². The lowest BCUT2D eigenvalue weighted by molar-refractivity contribution is 0.0345. The summed E-state index contributed by atoms with van der Waals surface area (Å²) in [6.45, 7) is 12.5. The van der Waals surface area contributed by atoms with Gasteiger partial charge in [-0.2, -0.15) is 0 Å². The Bertz CT molecular complexity index is 68.8. The number of hydrogen-bond donors (Lipinski definition) is 0. The van der Waals surface area contributed by atoms with Crippen molar-refractivity contribution in [2.75, 3.05) is 0 Å². The highest BCUT2D eigenvalue weighted by atomic mass is 16.5. The summed E-state index contributed by atoms with van der Waals surface area (Å²) in [5, 5.41) is 0. The van der Waals surface area contributed by atoms with E-state index < -0.39 is 0 Å². The van der Waals surface area contributed by atoms with Crippen molar-refractivity contribution in [3.63, 3.8) is 0 Å². The average molecular weight is 143 g/mol. The monoisotopic (exact) mass is 143 g/mol. The normalized spacial score (nSPS) is 12.0. The van der Waals surface area contributed by atoms with Gasteiger partial charge in [-0.25, -0.2) is 0 Å². The molecule has 0 aliphatic heterocycles. The van der Waals surface area contributed by atoms with Gasteiger partial charge in [-0.1, -0.05) is 27.7 Å². The van der Waals surface area contributed by atoms with Gasteiger partial charge in [0, 0.05) is 0 Å². The van der Waals surface area contributed by atoms with Crippen LogP contribution >= 0.6 is 0 Å². The predicted molar refractivity (Wildman–Crippen MR) is 44.5 cm³/mol. The van der Waals surface area contributed by atoms with Crippen molar-refractivity contribution in [1.29, 1.82) is 0 Å². The maximum absolute atomic E-state index is 5.44. The maximum Gasteiger partial charge on any atom is 0.0810 e. The van der Waals surface area contributed by atoms with Gasteiger partial charge in [-0.05, 0) is 18.8 Å². The van der Waals surface area contributed by atoms with Gasteiger partial charge in [0.05, 0.1) is 12.7 Å². The molecule has 1 radical (unpaired) electrons. The summed E-state index contributed by atoms with van der Waals surface area (Å²) in [5.74, 6) is 1.22. The third-order valence-electron chi connectivity index (χ3n) is 1.61. The van der Waals surface area contributed by atoms with Crippen LogP contribution in [-0.4, -0.2) is 6.10 Å². The van der Waals surface area contributed by atoms with Gasteiger partial charge >= 0.3 is 0 Å². The van der Waals surface area contributed by atoms with Gasteiger partial charge in [0.2, 0.25) is 0 Å². The SMILES string of the molecule is C[CH]OC(C(C)C)C(C)C. The second-order valence-electron chi connectivity index (χ2n) is 3.32. The van der Waals surface area contributed by atoms with Gasteiger partial charge in [-0.3, -0.25) is 0 Å². The van der Waals surface area contributed by atoms with Crippen LogP contribution in [0.1, 0.15) is 34.6 Å². The van der Waals surface area contributed by atoms with Gasteiger partial charge in [0.1, 0.15) is 0 Å². The Kier molecular flexibility index (Phi) is 4.71. The molecule has 10 heavy (non-hydrogen) atoms. The molecule has 0 aromatic carbocycles. The predicted octanol–water partition coefficient (Wildman–Crippen LogP) is 2.87. The summed E-state index contributed by atoms with van der Waals surface area (Å²) in [6.07, 6.45) is 0.380. The maximum atomic E-state index is 5.44. The summed E-state index contributed by atoms with van der Waals surface area (Å²) in [6, 6.07) is 0. The van der Waals surface area contributed by atoms with Crippen molar-refractivity contribution in [1.82, 2.24) is 0 Å². The Labute approximate surface area is 64.8 Å². The third-order valence-corrected chi connectivity index (χ3v) is 1.61. The first kappa shape index (κ1) is 9.96. The lowest BCUT2D eigenvalue weighted by atomic mass is 9.96. The van der Waals surface area contributed by atoms with E-state index in [0.717, 1.165) is 0 Å². The zero-order valence-corrected chi connectivity index (χ0v) is 7.72. The first-order chi connectivity index (χ1) is 4.59. The molecule has 1 nitrogen and oxygen atoms in total. The summed E-state index contributed by atoms with van der Waals surface area (Å²) in [7, 11) is 0. The minimum absolute atomic E-state index is 0.380. The minimum atomic E-state index is 0.380. The molecular weight excluding hydrogens is 124 g/mol. The van der Waals surface area contributed by atoms with Crippen LogP contribution in [0.3, 0.4) is 0 Å². The van der Waals surface area contributed by atoms with Crippen molar-refractivity contribution in [2.24, 2.45) is 11.8 Å². The molecule has 0 bridgehead atoms.